The Morgan fingerprint density at radius 2 is 1.75 bits per heavy atom. The summed E-state index contributed by atoms with van der Waals surface area (Å²) in [6, 6.07) is 0. The lowest BCUT2D eigenvalue weighted by Gasteiger charge is -2.31. The van der Waals surface area contributed by atoms with Gasteiger partial charge < -0.3 is 15.5 Å². The number of carbonyl (C=O) groups excluding carboxylic acids is 1. The maximum atomic E-state index is 12.2. The van der Waals surface area contributed by atoms with Crippen LogP contribution in [0.15, 0.2) is 0 Å². The van der Waals surface area contributed by atoms with Crippen LogP contribution >= 0.6 is 0 Å². The van der Waals surface area contributed by atoms with Crippen molar-refractivity contribution in [2.24, 2.45) is 5.73 Å². The molecule has 0 aromatic heterocycles. The van der Waals surface area contributed by atoms with E-state index in [-0.39, 0.29) is 5.91 Å². The van der Waals surface area contributed by atoms with E-state index in [2.05, 4.69) is 11.8 Å². The standard InChI is InChI=1S/C12H27N3O/c1-6-8-15(10-9-14(4)5)11(16)12(3,13)7-2/h6-10,13H2,1-5H3. The van der Waals surface area contributed by atoms with Crippen LogP contribution in [0, 0.1) is 0 Å². The van der Waals surface area contributed by atoms with Gasteiger partial charge in [-0.05, 0) is 33.9 Å². The van der Waals surface area contributed by atoms with Crippen molar-refractivity contribution >= 4 is 5.91 Å². The summed E-state index contributed by atoms with van der Waals surface area (Å²) >= 11 is 0. The Hall–Kier alpha value is -0.610. The van der Waals surface area contributed by atoms with Crippen molar-refractivity contribution in [2.45, 2.75) is 39.2 Å². The Kier molecular flexibility index (Phi) is 6.60. The fourth-order valence-electron chi connectivity index (χ4n) is 1.42. The van der Waals surface area contributed by atoms with Crippen LogP contribution in [0.2, 0.25) is 0 Å². The summed E-state index contributed by atoms with van der Waals surface area (Å²) in [6.45, 7) is 8.27. The highest BCUT2D eigenvalue weighted by atomic mass is 16.2. The number of nitrogens with two attached hydrogens (primary N) is 1. The normalized spacial score (nSPS) is 14.9. The molecule has 16 heavy (non-hydrogen) atoms. The van der Waals surface area contributed by atoms with Crippen LogP contribution in [-0.2, 0) is 4.79 Å². The summed E-state index contributed by atoms with van der Waals surface area (Å²) in [7, 11) is 4.02. The van der Waals surface area contributed by atoms with Gasteiger partial charge in [-0.2, -0.15) is 0 Å². The molecule has 0 saturated heterocycles. The number of likely N-dealkylation sites (N-methyl/N-ethyl adjacent to an activating group) is 1. The van der Waals surface area contributed by atoms with E-state index in [0.29, 0.717) is 6.42 Å². The third-order valence-corrected chi connectivity index (χ3v) is 2.82. The van der Waals surface area contributed by atoms with Crippen molar-refractivity contribution in [2.75, 3.05) is 33.7 Å². The molecule has 0 aliphatic rings. The van der Waals surface area contributed by atoms with Gasteiger partial charge in [0.2, 0.25) is 5.91 Å². The molecule has 0 aliphatic heterocycles. The highest BCUT2D eigenvalue weighted by Gasteiger charge is 2.30. The van der Waals surface area contributed by atoms with Crippen LogP contribution in [0.4, 0.5) is 0 Å². The molecule has 0 aromatic carbocycles. The molecular weight excluding hydrogens is 202 g/mol. The first-order chi connectivity index (χ1) is 7.35. The summed E-state index contributed by atoms with van der Waals surface area (Å²) in [6.07, 6.45) is 1.65. The second kappa shape index (κ2) is 6.86. The maximum absolute atomic E-state index is 12.2. The second-order valence-electron chi connectivity index (χ2n) is 4.87. The smallest absolute Gasteiger partial charge is 0.242 e. The van der Waals surface area contributed by atoms with Crippen LogP contribution in [0.5, 0.6) is 0 Å². The molecule has 1 amide bonds. The van der Waals surface area contributed by atoms with Gasteiger partial charge in [-0.1, -0.05) is 13.8 Å². The van der Waals surface area contributed by atoms with E-state index < -0.39 is 5.54 Å². The van der Waals surface area contributed by atoms with E-state index in [1.165, 1.54) is 0 Å². The highest BCUT2D eigenvalue weighted by molar-refractivity contribution is 5.85. The molecule has 0 saturated carbocycles. The van der Waals surface area contributed by atoms with E-state index >= 15 is 0 Å². The van der Waals surface area contributed by atoms with Crippen molar-refractivity contribution in [1.29, 1.82) is 0 Å². The lowest BCUT2D eigenvalue weighted by molar-refractivity contribution is -0.136. The maximum Gasteiger partial charge on any atom is 0.242 e. The molecule has 4 nitrogen and oxygen atoms in total. The van der Waals surface area contributed by atoms with Gasteiger partial charge >= 0.3 is 0 Å². The van der Waals surface area contributed by atoms with Crippen LogP contribution in [0.3, 0.4) is 0 Å². The van der Waals surface area contributed by atoms with Crippen molar-refractivity contribution in [3.8, 4) is 0 Å². The van der Waals surface area contributed by atoms with Crippen LogP contribution < -0.4 is 5.73 Å². The van der Waals surface area contributed by atoms with Crippen molar-refractivity contribution in [3.63, 3.8) is 0 Å². The van der Waals surface area contributed by atoms with Crippen molar-refractivity contribution < 1.29 is 4.79 Å². The first kappa shape index (κ1) is 15.4. The monoisotopic (exact) mass is 229 g/mol. The number of nitrogens with zero attached hydrogens (tertiary/aromatic N) is 2. The lowest BCUT2D eigenvalue weighted by atomic mass is 9.98. The molecule has 0 bridgehead atoms. The third kappa shape index (κ3) is 4.94. The summed E-state index contributed by atoms with van der Waals surface area (Å²) in [5.41, 5.74) is 5.27. The van der Waals surface area contributed by atoms with Gasteiger partial charge in [0.05, 0.1) is 5.54 Å². The Balaban J connectivity index is 4.46. The Labute approximate surface area is 99.8 Å². The van der Waals surface area contributed by atoms with Crippen LogP contribution in [0.1, 0.15) is 33.6 Å². The molecule has 0 fully saturated rings. The predicted octanol–water partition coefficient (Wildman–Crippen LogP) is 0.914. The first-order valence-electron chi connectivity index (χ1n) is 6.08. The van der Waals surface area contributed by atoms with Gasteiger partial charge in [-0.3, -0.25) is 4.79 Å². The highest BCUT2D eigenvalue weighted by Crippen LogP contribution is 2.10. The molecule has 4 heteroatoms. The fourth-order valence-corrected chi connectivity index (χ4v) is 1.42. The Morgan fingerprint density at radius 1 is 1.19 bits per heavy atom. The molecular formula is C12H27N3O. The number of hydrogen-bond donors (Lipinski definition) is 1. The minimum Gasteiger partial charge on any atom is -0.340 e. The molecule has 1 atom stereocenters. The zero-order chi connectivity index (χ0) is 12.8. The number of carbonyl (C=O) groups is 1. The third-order valence-electron chi connectivity index (χ3n) is 2.82. The number of hydrogen-bond acceptors (Lipinski definition) is 3. The van der Waals surface area contributed by atoms with Gasteiger partial charge in [-0.15, -0.1) is 0 Å². The zero-order valence-corrected chi connectivity index (χ0v) is 11.4. The summed E-state index contributed by atoms with van der Waals surface area (Å²) < 4.78 is 0. The summed E-state index contributed by atoms with van der Waals surface area (Å²) in [5.74, 6) is 0.0682. The Bertz CT molecular complexity index is 214. The average molecular weight is 229 g/mol. The molecule has 0 rings (SSSR count). The molecule has 0 aliphatic carbocycles. The molecule has 0 heterocycles. The number of amides is 1. The summed E-state index contributed by atoms with van der Waals surface area (Å²) in [4.78, 5) is 16.1. The Morgan fingerprint density at radius 3 is 2.12 bits per heavy atom. The van der Waals surface area contributed by atoms with Gasteiger partial charge in [0.15, 0.2) is 0 Å². The summed E-state index contributed by atoms with van der Waals surface area (Å²) in [5, 5.41) is 0. The molecule has 0 radical (unpaired) electrons. The van der Waals surface area contributed by atoms with Crippen LogP contribution in [-0.4, -0.2) is 55.0 Å². The van der Waals surface area contributed by atoms with Gasteiger partial charge in [0.25, 0.3) is 0 Å². The number of rotatable bonds is 7. The van der Waals surface area contributed by atoms with Crippen molar-refractivity contribution in [3.05, 3.63) is 0 Å². The molecule has 0 aromatic rings. The van der Waals surface area contributed by atoms with E-state index in [4.69, 9.17) is 5.73 Å². The van der Waals surface area contributed by atoms with Crippen LogP contribution in [0.25, 0.3) is 0 Å². The average Bonchev–Trinajstić information content (AvgIpc) is 2.22. The largest absolute Gasteiger partial charge is 0.340 e. The zero-order valence-electron chi connectivity index (χ0n) is 11.4. The molecule has 1 unspecified atom stereocenters. The fraction of sp³-hybridized carbons (Fsp3) is 0.917. The van der Waals surface area contributed by atoms with E-state index in [0.717, 1.165) is 26.1 Å². The molecule has 96 valence electrons. The quantitative estimate of drug-likeness (QED) is 0.706. The lowest BCUT2D eigenvalue weighted by Crippen LogP contribution is -2.54. The molecule has 0 spiro atoms. The second-order valence-corrected chi connectivity index (χ2v) is 4.87. The van der Waals surface area contributed by atoms with E-state index in [9.17, 15) is 4.79 Å². The van der Waals surface area contributed by atoms with Gasteiger partial charge in [0, 0.05) is 19.6 Å². The minimum atomic E-state index is -0.721. The van der Waals surface area contributed by atoms with Gasteiger partial charge in [-0.25, -0.2) is 0 Å². The van der Waals surface area contributed by atoms with Crippen molar-refractivity contribution in [1.82, 2.24) is 9.80 Å². The van der Waals surface area contributed by atoms with E-state index in [1.54, 1.807) is 0 Å². The minimum absolute atomic E-state index is 0.0682. The topological polar surface area (TPSA) is 49.6 Å². The predicted molar refractivity (Wildman–Crippen MR) is 68.3 cm³/mol. The van der Waals surface area contributed by atoms with Gasteiger partial charge in [0.1, 0.15) is 0 Å². The van der Waals surface area contributed by atoms with E-state index in [1.807, 2.05) is 32.8 Å². The molecule has 2 N–H and O–H groups in total. The SMILES string of the molecule is CCCN(CCN(C)C)C(=O)C(C)(N)CC. The first-order valence-corrected chi connectivity index (χ1v) is 6.08.